The van der Waals surface area contributed by atoms with Gasteiger partial charge in [0.05, 0.1) is 18.6 Å². The van der Waals surface area contributed by atoms with Crippen molar-refractivity contribution in [3.63, 3.8) is 0 Å². The molecular formula is C21H27N5O7S. The Morgan fingerprint density at radius 3 is 2.44 bits per heavy atom. The van der Waals surface area contributed by atoms with Crippen molar-refractivity contribution in [1.29, 1.82) is 5.41 Å². The highest BCUT2D eigenvalue weighted by Crippen LogP contribution is 2.28. The van der Waals surface area contributed by atoms with Crippen LogP contribution >= 0.6 is 0 Å². The first-order valence-corrected chi connectivity index (χ1v) is 11.6. The van der Waals surface area contributed by atoms with Gasteiger partial charge in [-0.2, -0.15) is 4.72 Å². The van der Waals surface area contributed by atoms with Crippen LogP contribution in [0.1, 0.15) is 16.8 Å². The summed E-state index contributed by atoms with van der Waals surface area (Å²) in [7, 11) is -2.69. The zero-order chi connectivity index (χ0) is 25.1. The summed E-state index contributed by atoms with van der Waals surface area (Å²) in [6.45, 7) is 0.283. The molecule has 34 heavy (non-hydrogen) atoms. The van der Waals surface area contributed by atoms with Gasteiger partial charge >= 0.3 is 5.97 Å². The molecule has 2 aromatic carbocycles. The SMILES string of the molecule is COc1cc(C(=O)NCC(NS(=O)(=O)c2ccccc2)C(=O)O)ccc1OCCCNC(=N)N. The average Bonchev–Trinajstić information content (AvgIpc) is 2.81. The van der Waals surface area contributed by atoms with Crippen molar-refractivity contribution in [1.82, 2.24) is 15.4 Å². The molecule has 0 fully saturated rings. The number of aliphatic carboxylic acids is 1. The Morgan fingerprint density at radius 2 is 1.82 bits per heavy atom. The van der Waals surface area contributed by atoms with E-state index in [1.807, 2.05) is 0 Å². The smallest absolute Gasteiger partial charge is 0.323 e. The van der Waals surface area contributed by atoms with Crippen LogP contribution in [0.4, 0.5) is 0 Å². The van der Waals surface area contributed by atoms with E-state index in [0.29, 0.717) is 25.3 Å². The number of guanidine groups is 1. The normalized spacial score (nSPS) is 11.8. The fourth-order valence-corrected chi connectivity index (χ4v) is 3.95. The van der Waals surface area contributed by atoms with Crippen LogP contribution in [0.2, 0.25) is 0 Å². The number of carbonyl (C=O) groups excluding carboxylic acids is 1. The van der Waals surface area contributed by atoms with Gasteiger partial charge in [0.1, 0.15) is 6.04 Å². The highest BCUT2D eigenvalue weighted by atomic mass is 32.2. The molecule has 0 heterocycles. The number of benzene rings is 2. The zero-order valence-electron chi connectivity index (χ0n) is 18.4. The molecule has 1 atom stereocenters. The lowest BCUT2D eigenvalue weighted by atomic mass is 10.2. The first kappa shape index (κ1) is 26.4. The molecule has 2 aromatic rings. The lowest BCUT2D eigenvalue weighted by Gasteiger charge is -2.16. The molecule has 184 valence electrons. The summed E-state index contributed by atoms with van der Waals surface area (Å²) in [5.41, 5.74) is 5.36. The van der Waals surface area contributed by atoms with Crippen molar-refractivity contribution in [3.8, 4) is 11.5 Å². The Hall–Kier alpha value is -3.84. The van der Waals surface area contributed by atoms with E-state index < -0.39 is 34.5 Å². The van der Waals surface area contributed by atoms with Gasteiger partial charge in [-0.15, -0.1) is 0 Å². The van der Waals surface area contributed by atoms with E-state index in [-0.39, 0.29) is 22.2 Å². The van der Waals surface area contributed by atoms with E-state index in [9.17, 15) is 23.1 Å². The second kappa shape index (κ2) is 12.4. The van der Waals surface area contributed by atoms with Gasteiger partial charge in [0.15, 0.2) is 17.5 Å². The van der Waals surface area contributed by atoms with E-state index in [1.54, 1.807) is 6.07 Å². The van der Waals surface area contributed by atoms with Crippen LogP contribution in [0.15, 0.2) is 53.4 Å². The maximum atomic E-state index is 12.5. The summed E-state index contributed by atoms with van der Waals surface area (Å²) < 4.78 is 37.7. The van der Waals surface area contributed by atoms with Gasteiger partial charge in [-0.1, -0.05) is 18.2 Å². The minimum absolute atomic E-state index is 0.0926. The number of ether oxygens (including phenoxy) is 2. The second-order valence-corrected chi connectivity index (χ2v) is 8.66. The van der Waals surface area contributed by atoms with Gasteiger partial charge in [0, 0.05) is 18.7 Å². The summed E-state index contributed by atoms with van der Waals surface area (Å²) in [6.07, 6.45) is 0.570. The van der Waals surface area contributed by atoms with Gasteiger partial charge in [-0.3, -0.25) is 15.0 Å². The molecule has 13 heteroatoms. The maximum absolute atomic E-state index is 12.5. The van der Waals surface area contributed by atoms with Crippen molar-refractivity contribution < 1.29 is 32.6 Å². The number of carboxylic acid groups (broad SMARTS) is 1. The van der Waals surface area contributed by atoms with Crippen molar-refractivity contribution in [2.24, 2.45) is 5.73 Å². The lowest BCUT2D eigenvalue weighted by Crippen LogP contribution is -2.48. The van der Waals surface area contributed by atoms with E-state index in [4.69, 9.17) is 20.6 Å². The van der Waals surface area contributed by atoms with Crippen molar-refractivity contribution in [2.75, 3.05) is 26.8 Å². The van der Waals surface area contributed by atoms with E-state index in [1.165, 1.54) is 49.6 Å². The molecule has 0 aliphatic carbocycles. The minimum atomic E-state index is -4.09. The number of hydrogen-bond donors (Lipinski definition) is 6. The van der Waals surface area contributed by atoms with Gasteiger partial charge < -0.3 is 30.9 Å². The molecule has 12 nitrogen and oxygen atoms in total. The zero-order valence-corrected chi connectivity index (χ0v) is 19.2. The number of carboxylic acids is 1. The molecule has 0 saturated heterocycles. The number of hydrogen-bond acceptors (Lipinski definition) is 7. The number of methoxy groups -OCH3 is 1. The Kier molecular flexibility index (Phi) is 9.64. The molecule has 1 amide bonds. The molecule has 0 spiro atoms. The summed E-state index contributed by atoms with van der Waals surface area (Å²) >= 11 is 0. The van der Waals surface area contributed by atoms with Crippen LogP contribution in [-0.4, -0.2) is 64.2 Å². The molecule has 0 aliphatic heterocycles. The van der Waals surface area contributed by atoms with Crippen molar-refractivity contribution in [3.05, 3.63) is 54.1 Å². The Labute approximate surface area is 197 Å². The largest absolute Gasteiger partial charge is 0.493 e. The molecule has 0 saturated carbocycles. The molecule has 2 rings (SSSR count). The van der Waals surface area contributed by atoms with Gasteiger partial charge in [0.2, 0.25) is 10.0 Å². The van der Waals surface area contributed by atoms with Gasteiger partial charge in [-0.05, 0) is 36.8 Å². The third kappa shape index (κ3) is 7.94. The van der Waals surface area contributed by atoms with Crippen LogP contribution in [0, 0.1) is 5.41 Å². The predicted octanol–water partition coefficient (Wildman–Crippen LogP) is 0.109. The third-order valence-corrected chi connectivity index (χ3v) is 5.92. The van der Waals surface area contributed by atoms with Crippen molar-refractivity contribution >= 4 is 27.9 Å². The third-order valence-electron chi connectivity index (χ3n) is 4.44. The summed E-state index contributed by atoms with van der Waals surface area (Å²) in [6, 6.07) is 10.1. The monoisotopic (exact) mass is 493 g/mol. The number of sulfonamides is 1. The van der Waals surface area contributed by atoms with Crippen LogP contribution in [-0.2, 0) is 14.8 Å². The fourth-order valence-electron chi connectivity index (χ4n) is 2.74. The lowest BCUT2D eigenvalue weighted by molar-refractivity contribution is -0.138. The highest BCUT2D eigenvalue weighted by Gasteiger charge is 2.26. The van der Waals surface area contributed by atoms with E-state index in [0.717, 1.165) is 0 Å². The number of nitrogens with one attached hydrogen (secondary N) is 4. The first-order chi connectivity index (χ1) is 16.1. The predicted molar refractivity (Wildman–Crippen MR) is 124 cm³/mol. The van der Waals surface area contributed by atoms with Crippen LogP contribution in [0.3, 0.4) is 0 Å². The van der Waals surface area contributed by atoms with Crippen LogP contribution < -0.4 is 30.6 Å². The molecule has 0 aliphatic rings. The highest BCUT2D eigenvalue weighted by molar-refractivity contribution is 7.89. The Bertz CT molecular complexity index is 1110. The van der Waals surface area contributed by atoms with Crippen molar-refractivity contribution in [2.45, 2.75) is 17.4 Å². The number of rotatable bonds is 13. The molecule has 1 unspecified atom stereocenters. The number of carbonyl (C=O) groups is 2. The average molecular weight is 494 g/mol. The maximum Gasteiger partial charge on any atom is 0.323 e. The minimum Gasteiger partial charge on any atom is -0.493 e. The Balaban J connectivity index is 1.99. The second-order valence-electron chi connectivity index (χ2n) is 6.94. The quantitative estimate of drug-likeness (QED) is 0.128. The van der Waals surface area contributed by atoms with Gasteiger partial charge in [0.25, 0.3) is 5.91 Å². The topological polar surface area (TPSA) is 193 Å². The summed E-state index contributed by atoms with van der Waals surface area (Å²) in [4.78, 5) is 24.0. The molecule has 0 bridgehead atoms. The Morgan fingerprint density at radius 1 is 1.12 bits per heavy atom. The number of nitrogens with two attached hydrogens (primary N) is 1. The molecular weight excluding hydrogens is 466 g/mol. The first-order valence-electron chi connectivity index (χ1n) is 10.1. The molecule has 0 aromatic heterocycles. The van der Waals surface area contributed by atoms with Crippen LogP contribution in [0.5, 0.6) is 11.5 Å². The standard InChI is InChI=1S/C21H27N5O7S/c1-32-18-12-14(8-9-17(18)33-11-5-10-24-21(22)23)19(27)25-13-16(20(28)29)26-34(30,31)15-6-3-2-4-7-15/h2-4,6-9,12,16,26H,5,10-11,13H2,1H3,(H,25,27)(H,28,29)(H4,22,23,24). The van der Waals surface area contributed by atoms with E-state index >= 15 is 0 Å². The fraction of sp³-hybridized carbons (Fsp3) is 0.286. The van der Waals surface area contributed by atoms with E-state index in [2.05, 4.69) is 15.4 Å². The van der Waals surface area contributed by atoms with Crippen LogP contribution in [0.25, 0.3) is 0 Å². The van der Waals surface area contributed by atoms with Gasteiger partial charge in [-0.25, -0.2) is 8.42 Å². The summed E-state index contributed by atoms with van der Waals surface area (Å²) in [5, 5.41) is 21.6. The molecule has 7 N–H and O–H groups in total. The molecule has 0 radical (unpaired) electrons. The number of amides is 1. The summed E-state index contributed by atoms with van der Waals surface area (Å²) in [5.74, 6) is -1.53.